The molecule has 1 N–H and O–H groups in total. The summed E-state index contributed by atoms with van der Waals surface area (Å²) in [5, 5.41) is 8.51. The van der Waals surface area contributed by atoms with Gasteiger partial charge in [-0.3, -0.25) is 13.2 Å². The van der Waals surface area contributed by atoms with Crippen molar-refractivity contribution in [2.24, 2.45) is 0 Å². The van der Waals surface area contributed by atoms with Gasteiger partial charge < -0.3 is 5.11 Å². The van der Waals surface area contributed by atoms with E-state index in [0.717, 1.165) is 0 Å². The highest BCUT2D eigenvalue weighted by atomic mass is 32.3. The van der Waals surface area contributed by atoms with Crippen LogP contribution in [0.4, 0.5) is 0 Å². The molecule has 12 heavy (non-hydrogen) atoms. The molecular weight excluding hydrogens is 200 g/mol. The van der Waals surface area contributed by atoms with E-state index in [9.17, 15) is 13.2 Å². The minimum absolute atomic E-state index is 0.272. The third-order valence-corrected chi connectivity index (χ3v) is 6.63. The van der Waals surface area contributed by atoms with Crippen LogP contribution < -0.4 is 0 Å². The van der Waals surface area contributed by atoms with E-state index in [1.807, 2.05) is 0 Å². The molecule has 0 aliphatic carbocycles. The Morgan fingerprint density at radius 3 is 2.17 bits per heavy atom. The second-order valence-electron chi connectivity index (χ2n) is 2.80. The third kappa shape index (κ3) is 1.59. The van der Waals surface area contributed by atoms with Crippen molar-refractivity contribution in [1.82, 2.24) is 0 Å². The minimum Gasteiger partial charge on any atom is -0.481 e. The molecule has 4 nitrogen and oxygen atoms in total. The highest BCUT2D eigenvalue weighted by Gasteiger charge is 2.44. The third-order valence-electron chi connectivity index (χ3n) is 1.89. The first kappa shape index (κ1) is 9.85. The first-order valence-electron chi connectivity index (χ1n) is 3.45. The summed E-state index contributed by atoms with van der Waals surface area (Å²) >= 11 is 0. The van der Waals surface area contributed by atoms with Crippen molar-refractivity contribution in [3.63, 3.8) is 0 Å². The average molecular weight is 210 g/mol. The van der Waals surface area contributed by atoms with E-state index in [1.165, 1.54) is 6.92 Å². The van der Waals surface area contributed by atoms with Crippen LogP contribution in [0.3, 0.4) is 0 Å². The van der Waals surface area contributed by atoms with Gasteiger partial charge in [0.05, 0.1) is 6.42 Å². The number of carboxylic acids is 1. The lowest BCUT2D eigenvalue weighted by Crippen LogP contribution is -2.33. The minimum atomic E-state index is -1.26. The lowest BCUT2D eigenvalue weighted by atomic mass is 10.3. The molecule has 0 aromatic carbocycles. The van der Waals surface area contributed by atoms with Gasteiger partial charge in [-0.1, -0.05) is 0 Å². The van der Waals surface area contributed by atoms with Gasteiger partial charge in [0.2, 0.25) is 0 Å². The quantitative estimate of drug-likeness (QED) is 0.678. The Morgan fingerprint density at radius 1 is 1.42 bits per heavy atom. The smallest absolute Gasteiger partial charge is 0.305 e. The number of hydrogen-bond donors (Lipinski definition) is 1. The predicted molar refractivity (Wildman–Crippen MR) is 46.7 cm³/mol. The Labute approximate surface area is 75.3 Å². The van der Waals surface area contributed by atoms with E-state index in [4.69, 9.17) is 5.11 Å². The van der Waals surface area contributed by atoms with Gasteiger partial charge in [0.1, 0.15) is 4.08 Å². The van der Waals surface area contributed by atoms with Crippen molar-refractivity contribution in [2.75, 3.05) is 11.5 Å². The molecule has 70 valence electrons. The van der Waals surface area contributed by atoms with Crippen molar-refractivity contribution in [3.8, 4) is 0 Å². The molecule has 1 heterocycles. The van der Waals surface area contributed by atoms with Crippen molar-refractivity contribution < 1.29 is 18.3 Å². The predicted octanol–water partition coefficient (Wildman–Crippen LogP) is -0.312. The van der Waals surface area contributed by atoms with Gasteiger partial charge in [-0.25, -0.2) is 0 Å². The summed E-state index contributed by atoms with van der Waals surface area (Å²) < 4.78 is 21.6. The highest BCUT2D eigenvalue weighted by Crippen LogP contribution is 2.29. The van der Waals surface area contributed by atoms with Crippen LogP contribution in [0.2, 0.25) is 0 Å². The number of carboxylic acid groups (broad SMARTS) is 1. The fourth-order valence-electron chi connectivity index (χ4n) is 1.12. The number of aliphatic carboxylic acids is 1. The average Bonchev–Trinajstić information content (AvgIpc) is 2.16. The zero-order chi connectivity index (χ0) is 9.35. The molecule has 2 atom stereocenters. The molecule has 0 amide bonds. The van der Waals surface area contributed by atoms with Crippen LogP contribution in [-0.4, -0.2) is 35.1 Å². The number of carbonyl (C=O) groups is 1. The molecule has 1 fully saturated rings. The first-order valence-corrected chi connectivity index (χ1v) is 6.09. The molecule has 1 aliphatic heterocycles. The second-order valence-corrected chi connectivity index (χ2v) is 7.06. The largest absolute Gasteiger partial charge is 0.481 e. The zero-order valence-electron chi connectivity index (χ0n) is 6.61. The van der Waals surface area contributed by atoms with Gasteiger partial charge >= 0.3 is 5.97 Å². The molecule has 0 bridgehead atoms. The van der Waals surface area contributed by atoms with Crippen LogP contribution in [0.25, 0.3) is 0 Å². The molecular formula is C6H10O4S2. The lowest BCUT2D eigenvalue weighted by molar-refractivity contribution is -0.137. The SMILES string of the molecule is CC1(CC(=O)O)S(=O)CCS1=O. The standard InChI is InChI=1S/C6H10O4S2/c1-6(4-5(7)8)11(9)2-3-12(6)10/h2-4H2,1H3,(H,7,8). The molecule has 0 radical (unpaired) electrons. The fraction of sp³-hybridized carbons (Fsp3) is 0.833. The van der Waals surface area contributed by atoms with Crippen molar-refractivity contribution in [3.05, 3.63) is 0 Å². The van der Waals surface area contributed by atoms with Gasteiger partial charge in [0, 0.05) is 33.1 Å². The van der Waals surface area contributed by atoms with Crippen LogP contribution in [0, 0.1) is 0 Å². The Kier molecular flexibility index (Phi) is 2.67. The molecule has 0 saturated carbocycles. The number of hydrogen-bond acceptors (Lipinski definition) is 3. The summed E-state index contributed by atoms with van der Waals surface area (Å²) in [5.41, 5.74) is 0. The van der Waals surface area contributed by atoms with Crippen LogP contribution in [0.1, 0.15) is 13.3 Å². The maximum absolute atomic E-state index is 11.3. The fourth-order valence-corrected chi connectivity index (χ4v) is 5.10. The monoisotopic (exact) mass is 210 g/mol. The van der Waals surface area contributed by atoms with Crippen molar-refractivity contribution >= 4 is 27.6 Å². The van der Waals surface area contributed by atoms with Gasteiger partial charge in [0.25, 0.3) is 0 Å². The maximum atomic E-state index is 11.3. The van der Waals surface area contributed by atoms with Gasteiger partial charge in [0.15, 0.2) is 0 Å². The zero-order valence-corrected chi connectivity index (χ0v) is 8.24. The summed E-state index contributed by atoms with van der Waals surface area (Å²) in [4.78, 5) is 10.4. The maximum Gasteiger partial charge on any atom is 0.305 e. The summed E-state index contributed by atoms with van der Waals surface area (Å²) in [6.07, 6.45) is -0.272. The molecule has 6 heteroatoms. The summed E-state index contributed by atoms with van der Waals surface area (Å²) in [5.74, 6) is -0.326. The first-order chi connectivity index (χ1) is 5.47. The lowest BCUT2D eigenvalue weighted by Gasteiger charge is -2.17. The molecule has 1 saturated heterocycles. The molecule has 1 aliphatic rings. The van der Waals surface area contributed by atoms with E-state index in [0.29, 0.717) is 11.5 Å². The van der Waals surface area contributed by atoms with Crippen molar-refractivity contribution in [2.45, 2.75) is 17.4 Å². The highest BCUT2D eigenvalue weighted by molar-refractivity contribution is 8.07. The van der Waals surface area contributed by atoms with Crippen LogP contribution in [-0.2, 0) is 26.4 Å². The van der Waals surface area contributed by atoms with Gasteiger partial charge in [-0.2, -0.15) is 0 Å². The molecule has 1 rings (SSSR count). The Morgan fingerprint density at radius 2 is 1.83 bits per heavy atom. The van der Waals surface area contributed by atoms with Gasteiger partial charge in [-0.05, 0) is 6.92 Å². The Bertz CT molecular complexity index is 244. The van der Waals surface area contributed by atoms with Crippen LogP contribution in [0.5, 0.6) is 0 Å². The Hall–Kier alpha value is -0.230. The molecule has 2 unspecified atom stereocenters. The summed E-state index contributed by atoms with van der Waals surface area (Å²) in [6, 6.07) is 0. The van der Waals surface area contributed by atoms with Crippen LogP contribution in [0.15, 0.2) is 0 Å². The number of rotatable bonds is 2. The Balaban J connectivity index is 2.87. The molecule has 0 spiro atoms. The normalized spacial score (nSPS) is 41.4. The topological polar surface area (TPSA) is 71.4 Å². The molecule has 0 aromatic heterocycles. The summed E-state index contributed by atoms with van der Waals surface area (Å²) in [6.45, 7) is 1.51. The van der Waals surface area contributed by atoms with Gasteiger partial charge in [-0.15, -0.1) is 0 Å². The van der Waals surface area contributed by atoms with E-state index in [-0.39, 0.29) is 6.42 Å². The van der Waals surface area contributed by atoms with Crippen molar-refractivity contribution in [1.29, 1.82) is 0 Å². The summed E-state index contributed by atoms with van der Waals surface area (Å²) in [7, 11) is -2.52. The van der Waals surface area contributed by atoms with E-state index < -0.39 is 31.6 Å². The van der Waals surface area contributed by atoms with E-state index in [2.05, 4.69) is 0 Å². The van der Waals surface area contributed by atoms with Crippen LogP contribution >= 0.6 is 0 Å². The van der Waals surface area contributed by atoms with E-state index in [1.54, 1.807) is 0 Å². The second kappa shape index (κ2) is 3.26. The van der Waals surface area contributed by atoms with E-state index >= 15 is 0 Å². The molecule has 0 aromatic rings.